The molecule has 0 aliphatic heterocycles. The quantitative estimate of drug-likeness (QED) is 0.788. The third-order valence-corrected chi connectivity index (χ3v) is 3.23. The van der Waals surface area contributed by atoms with E-state index in [9.17, 15) is 9.59 Å². The molecule has 7 heteroatoms. The number of hydrogen-bond acceptors (Lipinski definition) is 4. The lowest BCUT2D eigenvalue weighted by molar-refractivity contribution is -0.124. The van der Waals surface area contributed by atoms with E-state index in [1.807, 2.05) is 20.8 Å². The lowest BCUT2D eigenvalue weighted by Crippen LogP contribution is -2.37. The van der Waals surface area contributed by atoms with E-state index in [-0.39, 0.29) is 17.6 Å². The highest BCUT2D eigenvalue weighted by molar-refractivity contribution is 5.87. The Balaban J connectivity index is 3.00. The van der Waals surface area contributed by atoms with Gasteiger partial charge in [0, 0.05) is 6.04 Å². The van der Waals surface area contributed by atoms with Crippen molar-refractivity contribution in [2.45, 2.75) is 59.0 Å². The zero-order valence-corrected chi connectivity index (χ0v) is 12.4. The molecule has 1 rings (SSSR count). The second kappa shape index (κ2) is 7.02. The number of aromatic carboxylic acids is 1. The van der Waals surface area contributed by atoms with Crippen LogP contribution in [-0.4, -0.2) is 38.0 Å². The maximum Gasteiger partial charge on any atom is 0.358 e. The number of aromatic nitrogens is 3. The van der Waals surface area contributed by atoms with E-state index in [1.54, 1.807) is 6.92 Å². The summed E-state index contributed by atoms with van der Waals surface area (Å²) < 4.78 is 1.41. The smallest absolute Gasteiger partial charge is 0.358 e. The molecule has 0 aliphatic carbocycles. The molecular weight excluding hydrogens is 260 g/mol. The molecule has 2 unspecified atom stereocenters. The maximum atomic E-state index is 12.1. The van der Waals surface area contributed by atoms with Gasteiger partial charge < -0.3 is 10.4 Å². The minimum absolute atomic E-state index is 0.0713. The highest BCUT2D eigenvalue weighted by Gasteiger charge is 2.25. The first-order valence-corrected chi connectivity index (χ1v) is 6.90. The standard InChI is InChI=1S/C13H22N4O3/c1-5-7-10-11(13(19)20)15-16-17(10)9(4)12(18)14-8(3)6-2/h8-9H,5-7H2,1-4H3,(H,14,18)(H,19,20). The van der Waals surface area contributed by atoms with Crippen molar-refractivity contribution in [2.75, 3.05) is 0 Å². The Kier molecular flexibility index (Phi) is 5.66. The molecule has 0 saturated carbocycles. The van der Waals surface area contributed by atoms with Crippen molar-refractivity contribution < 1.29 is 14.7 Å². The second-order valence-electron chi connectivity index (χ2n) is 4.88. The Hall–Kier alpha value is -1.92. The third kappa shape index (κ3) is 3.55. The number of hydrogen-bond donors (Lipinski definition) is 2. The number of carbonyl (C=O) groups is 2. The Labute approximate surface area is 118 Å². The molecule has 0 spiro atoms. The zero-order valence-electron chi connectivity index (χ0n) is 12.4. The molecule has 20 heavy (non-hydrogen) atoms. The molecule has 1 aromatic rings. The molecular formula is C13H22N4O3. The summed E-state index contributed by atoms with van der Waals surface area (Å²) in [6, 6.07) is -0.506. The van der Waals surface area contributed by atoms with Gasteiger partial charge >= 0.3 is 5.97 Å². The fraction of sp³-hybridized carbons (Fsp3) is 0.692. The fourth-order valence-corrected chi connectivity index (χ4v) is 1.84. The predicted octanol–water partition coefficient (Wildman–Crippen LogP) is 1.40. The van der Waals surface area contributed by atoms with Gasteiger partial charge in [-0.15, -0.1) is 5.10 Å². The molecule has 0 fully saturated rings. The van der Waals surface area contributed by atoms with Crippen LogP contribution in [-0.2, 0) is 11.2 Å². The van der Waals surface area contributed by atoms with Crippen molar-refractivity contribution in [3.05, 3.63) is 11.4 Å². The van der Waals surface area contributed by atoms with Gasteiger partial charge in [0.25, 0.3) is 0 Å². The van der Waals surface area contributed by atoms with E-state index in [0.717, 1.165) is 12.8 Å². The summed E-state index contributed by atoms with van der Waals surface area (Å²) in [5, 5.41) is 19.5. The number of carboxylic acid groups (broad SMARTS) is 1. The SMILES string of the molecule is CCCc1c(C(=O)O)nnn1C(C)C(=O)NC(C)CC. The number of nitrogens with zero attached hydrogens (tertiary/aromatic N) is 3. The summed E-state index contributed by atoms with van der Waals surface area (Å²) in [4.78, 5) is 23.2. The first-order chi connectivity index (χ1) is 9.42. The van der Waals surface area contributed by atoms with Gasteiger partial charge in [0.15, 0.2) is 5.69 Å². The number of nitrogens with one attached hydrogen (secondary N) is 1. The second-order valence-corrected chi connectivity index (χ2v) is 4.88. The maximum absolute atomic E-state index is 12.1. The van der Waals surface area contributed by atoms with Crippen LogP contribution in [0.3, 0.4) is 0 Å². The number of carboxylic acids is 1. The summed E-state index contributed by atoms with van der Waals surface area (Å²) in [7, 11) is 0. The van der Waals surface area contributed by atoms with Gasteiger partial charge in [-0.2, -0.15) is 0 Å². The van der Waals surface area contributed by atoms with Gasteiger partial charge in [-0.25, -0.2) is 9.48 Å². The lowest BCUT2D eigenvalue weighted by Gasteiger charge is -2.17. The molecule has 1 heterocycles. The van der Waals surface area contributed by atoms with E-state index >= 15 is 0 Å². The third-order valence-electron chi connectivity index (χ3n) is 3.23. The molecule has 7 nitrogen and oxygen atoms in total. The van der Waals surface area contributed by atoms with Gasteiger partial charge in [0.1, 0.15) is 6.04 Å². The molecule has 0 aliphatic rings. The van der Waals surface area contributed by atoms with Crippen LogP contribution in [0.4, 0.5) is 0 Å². The van der Waals surface area contributed by atoms with E-state index in [1.165, 1.54) is 4.68 Å². The molecule has 1 aromatic heterocycles. The lowest BCUT2D eigenvalue weighted by atomic mass is 10.1. The normalized spacial score (nSPS) is 13.8. The largest absolute Gasteiger partial charge is 0.476 e. The van der Waals surface area contributed by atoms with Crippen LogP contribution in [0.15, 0.2) is 0 Å². The van der Waals surface area contributed by atoms with Gasteiger partial charge in [-0.05, 0) is 26.7 Å². The average molecular weight is 282 g/mol. The number of rotatable bonds is 7. The monoisotopic (exact) mass is 282 g/mol. The van der Waals surface area contributed by atoms with Crippen molar-refractivity contribution in [1.82, 2.24) is 20.3 Å². The predicted molar refractivity (Wildman–Crippen MR) is 73.6 cm³/mol. The van der Waals surface area contributed by atoms with E-state index in [2.05, 4.69) is 15.6 Å². The van der Waals surface area contributed by atoms with Crippen molar-refractivity contribution in [2.24, 2.45) is 0 Å². The molecule has 2 atom stereocenters. The molecule has 0 radical (unpaired) electrons. The Bertz CT molecular complexity index is 484. The van der Waals surface area contributed by atoms with E-state index in [0.29, 0.717) is 12.1 Å². The van der Waals surface area contributed by atoms with E-state index in [4.69, 9.17) is 5.11 Å². The van der Waals surface area contributed by atoms with Crippen LogP contribution < -0.4 is 5.32 Å². The topological polar surface area (TPSA) is 97.1 Å². The van der Waals surface area contributed by atoms with Gasteiger partial charge in [-0.1, -0.05) is 25.5 Å². The molecule has 112 valence electrons. The van der Waals surface area contributed by atoms with Crippen molar-refractivity contribution >= 4 is 11.9 Å². The first kappa shape index (κ1) is 16.1. The van der Waals surface area contributed by atoms with E-state index < -0.39 is 12.0 Å². The van der Waals surface area contributed by atoms with Gasteiger partial charge in [-0.3, -0.25) is 4.79 Å². The average Bonchev–Trinajstić information content (AvgIpc) is 2.81. The van der Waals surface area contributed by atoms with Gasteiger partial charge in [0.05, 0.1) is 5.69 Å². The van der Waals surface area contributed by atoms with Crippen LogP contribution in [0.5, 0.6) is 0 Å². The summed E-state index contributed by atoms with van der Waals surface area (Å²) in [5.41, 5.74) is 0.418. The van der Waals surface area contributed by atoms with Crippen molar-refractivity contribution in [3.63, 3.8) is 0 Å². The van der Waals surface area contributed by atoms with Crippen LogP contribution in [0.2, 0.25) is 0 Å². The Morgan fingerprint density at radius 3 is 2.50 bits per heavy atom. The minimum Gasteiger partial charge on any atom is -0.476 e. The van der Waals surface area contributed by atoms with Crippen LogP contribution >= 0.6 is 0 Å². The Morgan fingerprint density at radius 1 is 1.35 bits per heavy atom. The summed E-state index contributed by atoms with van der Waals surface area (Å²) in [5.74, 6) is -1.30. The fourth-order valence-electron chi connectivity index (χ4n) is 1.84. The molecule has 0 bridgehead atoms. The number of amides is 1. The van der Waals surface area contributed by atoms with Crippen molar-refractivity contribution in [1.29, 1.82) is 0 Å². The summed E-state index contributed by atoms with van der Waals surface area (Å²) >= 11 is 0. The molecule has 2 N–H and O–H groups in total. The zero-order chi connectivity index (χ0) is 15.3. The summed E-state index contributed by atoms with van der Waals surface area (Å²) in [6.07, 6.45) is 2.11. The summed E-state index contributed by atoms with van der Waals surface area (Å²) in [6.45, 7) is 7.53. The molecule has 1 amide bonds. The number of carbonyl (C=O) groups excluding carboxylic acids is 1. The van der Waals surface area contributed by atoms with Gasteiger partial charge in [0.2, 0.25) is 5.91 Å². The minimum atomic E-state index is -1.12. The highest BCUT2D eigenvalue weighted by Crippen LogP contribution is 2.15. The Morgan fingerprint density at radius 2 is 2.00 bits per heavy atom. The van der Waals surface area contributed by atoms with Crippen molar-refractivity contribution in [3.8, 4) is 0 Å². The molecule has 0 aromatic carbocycles. The van der Waals surface area contributed by atoms with Crippen LogP contribution in [0.25, 0.3) is 0 Å². The molecule has 0 saturated heterocycles. The van der Waals surface area contributed by atoms with Crippen LogP contribution in [0.1, 0.15) is 62.8 Å². The highest BCUT2D eigenvalue weighted by atomic mass is 16.4. The first-order valence-electron chi connectivity index (χ1n) is 6.90. The van der Waals surface area contributed by atoms with Crippen LogP contribution in [0, 0.1) is 0 Å².